The lowest BCUT2D eigenvalue weighted by Gasteiger charge is -2.60. The third-order valence-corrected chi connectivity index (χ3v) is 19.3. The maximum Gasteiger partial charge on any atom is 0.144 e. The van der Waals surface area contributed by atoms with Crippen LogP contribution in [0.1, 0.15) is 168 Å². The van der Waals surface area contributed by atoms with Crippen LogP contribution in [0.5, 0.6) is 11.5 Å². The third-order valence-electron chi connectivity index (χ3n) is 19.3. The van der Waals surface area contributed by atoms with Crippen molar-refractivity contribution in [3.05, 3.63) is 69.3 Å². The number of phenols is 2. The van der Waals surface area contributed by atoms with Crippen LogP contribution in [0.4, 0.5) is 0 Å². The van der Waals surface area contributed by atoms with Gasteiger partial charge in [-0.15, -0.1) is 0 Å². The zero-order valence-corrected chi connectivity index (χ0v) is 34.1. The molecule has 12 bridgehead atoms. The van der Waals surface area contributed by atoms with Gasteiger partial charge < -0.3 is 10.2 Å². The Hall–Kier alpha value is -2.55. The van der Waals surface area contributed by atoms with Gasteiger partial charge in [0.2, 0.25) is 0 Å². The van der Waals surface area contributed by atoms with Crippen molar-refractivity contribution in [2.45, 2.75) is 160 Å². The number of rotatable bonds is 6. The van der Waals surface area contributed by atoms with Crippen LogP contribution in [0.25, 0.3) is 0 Å². The van der Waals surface area contributed by atoms with E-state index in [4.69, 9.17) is 0 Å². The van der Waals surface area contributed by atoms with Crippen LogP contribution in [0.2, 0.25) is 0 Å². The molecule has 2 aromatic rings. The molecule has 13 aliphatic rings. The minimum absolute atomic E-state index is 0.0349. The standard InChI is InChI=1S/C52H66O3/c1-28-4-40(47(53)43(7-28)50-19-31-10-32(20-50)12-33(11-31)21-50)46(41-5-29(2)8-44(48(41)54)51-22-34-13-35(23-51)15-36(14-34)24-51)42-6-30(3)9-45(49(42)55)52-25-37-16-38(26-52)18-39(17-37)27-52/h4-8,31-39,42,45-46,53-54H,9-27H2,1-3H3/t31?,32?,33?,34?,35?,36?,37?,38?,39?,42?,45-,46?,50?,51?,52?/m0/s1. The number of carbonyl (C=O) groups is 1. The van der Waals surface area contributed by atoms with Crippen molar-refractivity contribution >= 4 is 5.78 Å². The molecule has 15 rings (SSSR count). The third kappa shape index (κ3) is 5.14. The van der Waals surface area contributed by atoms with Crippen molar-refractivity contribution in [2.24, 2.45) is 70.5 Å². The number of allylic oxidation sites excluding steroid dienone is 2. The fraction of sp³-hybridized carbons (Fsp3) is 0.712. The fourth-order valence-corrected chi connectivity index (χ4v) is 18.8. The van der Waals surface area contributed by atoms with Gasteiger partial charge >= 0.3 is 0 Å². The first-order valence-electron chi connectivity index (χ1n) is 23.3. The van der Waals surface area contributed by atoms with Gasteiger partial charge in [-0.2, -0.15) is 0 Å². The van der Waals surface area contributed by atoms with Crippen LogP contribution in [-0.2, 0) is 15.6 Å². The molecule has 13 aliphatic carbocycles. The molecule has 2 aromatic carbocycles. The summed E-state index contributed by atoms with van der Waals surface area (Å²) >= 11 is 0. The molecule has 12 fully saturated rings. The maximum atomic E-state index is 15.8. The first-order chi connectivity index (χ1) is 26.4. The Labute approximate surface area is 330 Å². The van der Waals surface area contributed by atoms with Gasteiger partial charge in [-0.05, 0) is 212 Å². The van der Waals surface area contributed by atoms with Crippen molar-refractivity contribution in [2.75, 3.05) is 0 Å². The van der Waals surface area contributed by atoms with Crippen LogP contribution >= 0.6 is 0 Å². The van der Waals surface area contributed by atoms with Gasteiger partial charge in [0.1, 0.15) is 17.3 Å². The van der Waals surface area contributed by atoms with Crippen LogP contribution in [0.3, 0.4) is 0 Å². The van der Waals surface area contributed by atoms with Gasteiger partial charge in [0.15, 0.2) is 0 Å². The minimum atomic E-state index is -0.403. The van der Waals surface area contributed by atoms with E-state index in [1.54, 1.807) is 0 Å². The lowest BCUT2D eigenvalue weighted by molar-refractivity contribution is -0.143. The van der Waals surface area contributed by atoms with E-state index in [0.29, 0.717) is 17.3 Å². The normalized spacial score (nSPS) is 46.4. The van der Waals surface area contributed by atoms with E-state index >= 15 is 4.79 Å². The smallest absolute Gasteiger partial charge is 0.144 e. The molecule has 0 aromatic heterocycles. The molecule has 0 radical (unpaired) electrons. The topological polar surface area (TPSA) is 57.5 Å². The van der Waals surface area contributed by atoms with E-state index < -0.39 is 5.92 Å². The summed E-state index contributed by atoms with van der Waals surface area (Å²) in [6, 6.07) is 9.14. The number of phenolic OH excluding ortho intramolecular Hbond substituents is 2. The van der Waals surface area contributed by atoms with Crippen molar-refractivity contribution < 1.29 is 15.0 Å². The van der Waals surface area contributed by atoms with E-state index in [-0.39, 0.29) is 28.1 Å². The van der Waals surface area contributed by atoms with Crippen LogP contribution in [0.15, 0.2) is 35.9 Å². The minimum Gasteiger partial charge on any atom is -0.507 e. The SMILES string of the molecule is CC1=CC(C(c2cc(C)cc(C34CC5CC(CC(C5)C3)C4)c2O)c2cc(C)cc(C34CC5CC(CC(C5)C3)C4)c2O)C(=O)[C@@H](C23CC4CC(CC(C4)C2)C3)C1. The monoisotopic (exact) mass is 739 g/mol. The second-order valence-electron chi connectivity index (χ2n) is 23.4. The molecule has 55 heavy (non-hydrogen) atoms. The number of Topliss-reactive ketones (excluding diaryl/α,β-unsaturated/α-hetero) is 1. The molecule has 3 nitrogen and oxygen atoms in total. The van der Waals surface area contributed by atoms with Crippen molar-refractivity contribution in [1.29, 1.82) is 0 Å². The summed E-state index contributed by atoms with van der Waals surface area (Å²) in [7, 11) is 0. The molecular formula is C52H66O3. The summed E-state index contributed by atoms with van der Waals surface area (Å²) in [5.41, 5.74) is 8.09. The highest BCUT2D eigenvalue weighted by Gasteiger charge is 2.59. The molecule has 3 heteroatoms. The van der Waals surface area contributed by atoms with Crippen molar-refractivity contribution in [1.82, 2.24) is 0 Å². The Balaban J connectivity index is 1.03. The molecular weight excluding hydrogens is 673 g/mol. The number of hydrogen-bond acceptors (Lipinski definition) is 3. The van der Waals surface area contributed by atoms with Gasteiger partial charge in [-0.1, -0.05) is 47.0 Å². The van der Waals surface area contributed by atoms with Crippen LogP contribution < -0.4 is 0 Å². The highest BCUT2D eigenvalue weighted by molar-refractivity contribution is 5.89. The molecule has 2 atom stereocenters. The zero-order valence-electron chi connectivity index (χ0n) is 34.1. The quantitative estimate of drug-likeness (QED) is 0.290. The van der Waals surface area contributed by atoms with E-state index in [2.05, 4.69) is 51.1 Å². The summed E-state index contributed by atoms with van der Waals surface area (Å²) in [6.07, 6.45) is 26.5. The lowest BCUT2D eigenvalue weighted by atomic mass is 9.44. The van der Waals surface area contributed by atoms with Gasteiger partial charge in [0, 0.05) is 40.0 Å². The lowest BCUT2D eigenvalue weighted by Crippen LogP contribution is -2.53. The summed E-state index contributed by atoms with van der Waals surface area (Å²) in [5.74, 6) is 7.62. The number of benzene rings is 2. The van der Waals surface area contributed by atoms with Crippen LogP contribution in [0, 0.1) is 84.4 Å². The molecule has 0 saturated heterocycles. The average molecular weight is 739 g/mol. The highest BCUT2D eigenvalue weighted by Crippen LogP contribution is 2.67. The number of carbonyl (C=O) groups excluding carboxylic acids is 1. The molecule has 0 spiro atoms. The Bertz CT molecular complexity index is 1790. The second kappa shape index (κ2) is 11.8. The predicted molar refractivity (Wildman–Crippen MR) is 218 cm³/mol. The molecule has 0 heterocycles. The molecule has 12 saturated carbocycles. The molecule has 292 valence electrons. The Morgan fingerprint density at radius 1 is 0.527 bits per heavy atom. The van der Waals surface area contributed by atoms with Crippen LogP contribution in [-0.4, -0.2) is 16.0 Å². The Kier molecular flexibility index (Phi) is 7.38. The van der Waals surface area contributed by atoms with Crippen molar-refractivity contribution in [3.63, 3.8) is 0 Å². The Morgan fingerprint density at radius 3 is 1.24 bits per heavy atom. The van der Waals surface area contributed by atoms with E-state index in [1.165, 1.54) is 143 Å². The van der Waals surface area contributed by atoms with Crippen molar-refractivity contribution in [3.8, 4) is 11.5 Å². The second-order valence-corrected chi connectivity index (χ2v) is 23.4. The number of aromatic hydroxyl groups is 2. The zero-order chi connectivity index (χ0) is 37.2. The van der Waals surface area contributed by atoms with Gasteiger partial charge in [0.25, 0.3) is 0 Å². The number of hydrogen-bond donors (Lipinski definition) is 2. The van der Waals surface area contributed by atoms with E-state index in [9.17, 15) is 10.2 Å². The fourth-order valence-electron chi connectivity index (χ4n) is 18.8. The first kappa shape index (κ1) is 34.5. The van der Waals surface area contributed by atoms with Gasteiger partial charge in [0.05, 0.1) is 0 Å². The average Bonchev–Trinajstić information content (AvgIpc) is 3.10. The Morgan fingerprint density at radius 2 is 0.873 bits per heavy atom. The molecule has 0 aliphatic heterocycles. The molecule has 0 amide bonds. The molecule has 1 unspecified atom stereocenters. The van der Waals surface area contributed by atoms with E-state index in [0.717, 1.165) is 70.8 Å². The number of ketones is 1. The largest absolute Gasteiger partial charge is 0.507 e. The molecule has 2 N–H and O–H groups in total. The summed E-state index contributed by atoms with van der Waals surface area (Å²) in [4.78, 5) is 15.8. The highest BCUT2D eigenvalue weighted by atomic mass is 16.3. The summed E-state index contributed by atoms with van der Waals surface area (Å²) in [6.45, 7) is 6.74. The maximum absolute atomic E-state index is 15.8. The number of aryl methyl sites for hydroxylation is 2. The summed E-state index contributed by atoms with van der Waals surface area (Å²) in [5, 5.41) is 26.1. The van der Waals surface area contributed by atoms with E-state index in [1.807, 2.05) is 0 Å². The van der Waals surface area contributed by atoms with Gasteiger partial charge in [-0.25, -0.2) is 0 Å². The predicted octanol–water partition coefficient (Wildman–Crippen LogP) is 12.2. The summed E-state index contributed by atoms with van der Waals surface area (Å²) < 4.78 is 0. The van der Waals surface area contributed by atoms with Gasteiger partial charge in [-0.3, -0.25) is 4.79 Å². The first-order valence-corrected chi connectivity index (χ1v) is 23.3.